The van der Waals surface area contributed by atoms with Gasteiger partial charge in [0.2, 0.25) is 0 Å². The molecule has 0 bridgehead atoms. The molecule has 0 aliphatic carbocycles. The number of aromatic nitrogens is 1. The number of rotatable bonds is 2. The van der Waals surface area contributed by atoms with Gasteiger partial charge in [0.15, 0.2) is 0 Å². The zero-order valence-electron chi connectivity index (χ0n) is 7.34. The van der Waals surface area contributed by atoms with E-state index in [0.29, 0.717) is 5.56 Å². The summed E-state index contributed by atoms with van der Waals surface area (Å²) < 4.78 is 13.1. The maximum absolute atomic E-state index is 13.1. The number of nitrogens with zero attached hydrogens (tertiary/aromatic N) is 1. The van der Waals surface area contributed by atoms with Crippen LogP contribution in [0.25, 0.3) is 6.08 Å². The highest BCUT2D eigenvalue weighted by Crippen LogP contribution is 2.18. The van der Waals surface area contributed by atoms with Crippen LogP contribution in [0.1, 0.15) is 31.0 Å². The lowest BCUT2D eigenvalue weighted by Crippen LogP contribution is -1.95. The molecule has 64 valence electrons. The molecule has 0 aromatic carbocycles. The highest BCUT2D eigenvalue weighted by Gasteiger charge is 2.06. The van der Waals surface area contributed by atoms with Crippen molar-refractivity contribution in [2.45, 2.75) is 19.8 Å². The molecular formula is C10H12FN. The lowest BCUT2D eigenvalue weighted by molar-refractivity contribution is 0.591. The van der Waals surface area contributed by atoms with Gasteiger partial charge in [0.1, 0.15) is 5.82 Å². The molecule has 0 spiro atoms. The summed E-state index contributed by atoms with van der Waals surface area (Å²) in [6, 6.07) is 1.73. The van der Waals surface area contributed by atoms with E-state index in [9.17, 15) is 4.39 Å². The molecule has 1 aromatic rings. The molecule has 1 nitrogen and oxygen atoms in total. The number of halogens is 1. The van der Waals surface area contributed by atoms with Crippen molar-refractivity contribution < 1.29 is 4.39 Å². The van der Waals surface area contributed by atoms with Crippen LogP contribution in [0.5, 0.6) is 0 Å². The fourth-order valence-electron chi connectivity index (χ4n) is 1.03. The summed E-state index contributed by atoms with van der Waals surface area (Å²) in [6.45, 7) is 7.48. The largest absolute Gasteiger partial charge is 0.254 e. The number of hydrogen-bond donors (Lipinski definition) is 0. The highest BCUT2D eigenvalue weighted by atomic mass is 19.1. The van der Waals surface area contributed by atoms with Gasteiger partial charge in [-0.1, -0.05) is 20.4 Å². The normalized spacial score (nSPS) is 10.3. The summed E-state index contributed by atoms with van der Waals surface area (Å²) in [5.74, 6) is -0.0534. The smallest absolute Gasteiger partial charge is 0.144 e. The Hall–Kier alpha value is -1.18. The van der Waals surface area contributed by atoms with Crippen LogP contribution < -0.4 is 0 Å². The molecule has 0 amide bonds. The molecule has 0 fully saturated rings. The molecule has 0 unspecified atom stereocenters. The molecule has 0 N–H and O–H groups in total. The summed E-state index contributed by atoms with van der Waals surface area (Å²) in [5, 5.41) is 0. The second-order valence-electron chi connectivity index (χ2n) is 2.99. The summed E-state index contributed by atoms with van der Waals surface area (Å²) in [5.41, 5.74) is 1.42. The van der Waals surface area contributed by atoms with E-state index >= 15 is 0 Å². The van der Waals surface area contributed by atoms with Gasteiger partial charge in [0.05, 0.1) is 11.9 Å². The van der Waals surface area contributed by atoms with Gasteiger partial charge in [0, 0.05) is 0 Å². The van der Waals surface area contributed by atoms with Crippen molar-refractivity contribution in [2.24, 2.45) is 0 Å². The minimum absolute atomic E-state index is 0.187. The first-order valence-corrected chi connectivity index (χ1v) is 3.93. The Bertz CT molecular complexity index is 292. The average Bonchev–Trinajstić information content (AvgIpc) is 2.05. The van der Waals surface area contributed by atoms with Crippen molar-refractivity contribution >= 4 is 6.08 Å². The zero-order valence-corrected chi connectivity index (χ0v) is 7.34. The standard InChI is InChI=1S/C10H12FN/c1-4-8-5-9(7(2)3)10(11)6-12-8/h4-7H,1H2,2-3H3. The Morgan fingerprint density at radius 2 is 2.25 bits per heavy atom. The molecule has 0 saturated carbocycles. The molecular weight excluding hydrogens is 153 g/mol. The maximum atomic E-state index is 13.1. The van der Waals surface area contributed by atoms with Gasteiger partial charge in [-0.25, -0.2) is 4.39 Å². The summed E-state index contributed by atoms with van der Waals surface area (Å²) >= 11 is 0. The lowest BCUT2D eigenvalue weighted by Gasteiger charge is -2.06. The van der Waals surface area contributed by atoms with E-state index in [4.69, 9.17) is 0 Å². The molecule has 0 saturated heterocycles. The SMILES string of the molecule is C=Cc1cc(C(C)C)c(F)cn1. The van der Waals surface area contributed by atoms with Gasteiger partial charge >= 0.3 is 0 Å². The first kappa shape index (κ1) is 8.91. The van der Waals surface area contributed by atoms with Crippen LogP contribution in [0.3, 0.4) is 0 Å². The topological polar surface area (TPSA) is 12.9 Å². The third-order valence-corrected chi connectivity index (χ3v) is 1.74. The van der Waals surface area contributed by atoms with Crippen molar-refractivity contribution in [2.75, 3.05) is 0 Å². The van der Waals surface area contributed by atoms with E-state index in [-0.39, 0.29) is 11.7 Å². The molecule has 0 aliphatic rings. The fourth-order valence-corrected chi connectivity index (χ4v) is 1.03. The van der Waals surface area contributed by atoms with Crippen LogP contribution in [0, 0.1) is 5.82 Å². The van der Waals surface area contributed by atoms with E-state index < -0.39 is 0 Å². The first-order valence-electron chi connectivity index (χ1n) is 3.93. The number of hydrogen-bond acceptors (Lipinski definition) is 1. The Labute approximate surface area is 72.0 Å². The Kier molecular flexibility index (Phi) is 2.58. The van der Waals surface area contributed by atoms with Crippen LogP contribution in [0.15, 0.2) is 18.8 Å². The predicted molar refractivity (Wildman–Crippen MR) is 48.4 cm³/mol. The predicted octanol–water partition coefficient (Wildman–Crippen LogP) is 2.99. The third-order valence-electron chi connectivity index (χ3n) is 1.74. The molecule has 0 atom stereocenters. The molecule has 0 aliphatic heterocycles. The van der Waals surface area contributed by atoms with Crippen LogP contribution in [0.4, 0.5) is 4.39 Å². The zero-order chi connectivity index (χ0) is 9.14. The minimum atomic E-state index is -0.240. The van der Waals surface area contributed by atoms with Crippen LogP contribution >= 0.6 is 0 Å². The molecule has 1 aromatic heterocycles. The number of pyridine rings is 1. The third kappa shape index (κ3) is 1.70. The van der Waals surface area contributed by atoms with Crippen molar-refractivity contribution in [3.8, 4) is 0 Å². The average molecular weight is 165 g/mol. The quantitative estimate of drug-likeness (QED) is 0.656. The fraction of sp³-hybridized carbons (Fsp3) is 0.300. The molecule has 0 radical (unpaired) electrons. The minimum Gasteiger partial charge on any atom is -0.254 e. The van der Waals surface area contributed by atoms with Gasteiger partial charge in [-0.3, -0.25) is 4.98 Å². The lowest BCUT2D eigenvalue weighted by atomic mass is 10.0. The van der Waals surface area contributed by atoms with Crippen molar-refractivity contribution in [1.82, 2.24) is 4.98 Å². The van der Waals surface area contributed by atoms with Gasteiger partial charge in [-0.05, 0) is 23.6 Å². The van der Waals surface area contributed by atoms with E-state index in [1.165, 1.54) is 6.20 Å². The van der Waals surface area contributed by atoms with E-state index in [1.54, 1.807) is 12.1 Å². The monoisotopic (exact) mass is 165 g/mol. The summed E-state index contributed by atoms with van der Waals surface area (Å²) in [4.78, 5) is 3.85. The maximum Gasteiger partial charge on any atom is 0.144 e. The van der Waals surface area contributed by atoms with Crippen LogP contribution in [-0.4, -0.2) is 4.98 Å². The van der Waals surface area contributed by atoms with Crippen molar-refractivity contribution in [1.29, 1.82) is 0 Å². The molecule has 12 heavy (non-hydrogen) atoms. The van der Waals surface area contributed by atoms with Gasteiger partial charge < -0.3 is 0 Å². The van der Waals surface area contributed by atoms with Crippen LogP contribution in [-0.2, 0) is 0 Å². The Morgan fingerprint density at radius 1 is 1.58 bits per heavy atom. The highest BCUT2D eigenvalue weighted by molar-refractivity contribution is 5.43. The summed E-state index contributed by atoms with van der Waals surface area (Å²) in [6.07, 6.45) is 2.86. The van der Waals surface area contributed by atoms with E-state index in [2.05, 4.69) is 11.6 Å². The molecule has 1 rings (SSSR count). The first-order chi connectivity index (χ1) is 5.65. The Morgan fingerprint density at radius 3 is 2.75 bits per heavy atom. The Balaban J connectivity index is 3.16. The summed E-state index contributed by atoms with van der Waals surface area (Å²) in [7, 11) is 0. The molecule has 2 heteroatoms. The van der Waals surface area contributed by atoms with Crippen molar-refractivity contribution in [3.05, 3.63) is 35.9 Å². The van der Waals surface area contributed by atoms with Crippen molar-refractivity contribution in [3.63, 3.8) is 0 Å². The second-order valence-corrected chi connectivity index (χ2v) is 2.99. The van der Waals surface area contributed by atoms with Gasteiger partial charge in [-0.15, -0.1) is 0 Å². The van der Waals surface area contributed by atoms with Gasteiger partial charge in [-0.2, -0.15) is 0 Å². The van der Waals surface area contributed by atoms with Gasteiger partial charge in [0.25, 0.3) is 0 Å². The van der Waals surface area contributed by atoms with Crippen LogP contribution in [0.2, 0.25) is 0 Å². The molecule has 1 heterocycles. The van der Waals surface area contributed by atoms with E-state index in [0.717, 1.165) is 5.69 Å². The second kappa shape index (κ2) is 3.48. The van der Waals surface area contributed by atoms with E-state index in [1.807, 2.05) is 13.8 Å².